The molecule has 0 spiro atoms. The van der Waals surface area contributed by atoms with Gasteiger partial charge in [0.15, 0.2) is 0 Å². The second-order valence-electron chi connectivity index (χ2n) is 8.07. The molecule has 1 atom stereocenters. The van der Waals surface area contributed by atoms with Crippen molar-refractivity contribution in [2.24, 2.45) is 5.92 Å². The minimum Gasteiger partial charge on any atom is -0.379 e. The normalized spacial score (nSPS) is 20.9. The van der Waals surface area contributed by atoms with E-state index in [9.17, 15) is 0 Å². The van der Waals surface area contributed by atoms with Crippen LogP contribution in [0.4, 0.5) is 0 Å². The molecule has 2 aliphatic rings. The van der Waals surface area contributed by atoms with Crippen LogP contribution in [0.5, 0.6) is 0 Å². The maximum atomic E-state index is 6.15. The first-order valence-electron chi connectivity index (χ1n) is 10.6. The van der Waals surface area contributed by atoms with Gasteiger partial charge in [-0.2, -0.15) is 0 Å². The Hall–Kier alpha value is -1.39. The number of benzene rings is 2. The lowest BCUT2D eigenvalue weighted by Crippen LogP contribution is -2.44. The van der Waals surface area contributed by atoms with Crippen LogP contribution >= 0.6 is 11.6 Å². The van der Waals surface area contributed by atoms with Crippen LogP contribution in [-0.2, 0) is 4.74 Å². The summed E-state index contributed by atoms with van der Waals surface area (Å²) in [5.74, 6) is 1.14. The second-order valence-corrected chi connectivity index (χ2v) is 8.51. The Balaban J connectivity index is 1.39. The van der Waals surface area contributed by atoms with Crippen molar-refractivity contribution in [3.63, 3.8) is 0 Å². The van der Waals surface area contributed by atoms with E-state index < -0.39 is 0 Å². The summed E-state index contributed by atoms with van der Waals surface area (Å²) >= 11 is 6.15. The van der Waals surface area contributed by atoms with Gasteiger partial charge < -0.3 is 9.64 Å². The first kappa shape index (κ1) is 19.9. The van der Waals surface area contributed by atoms with Gasteiger partial charge >= 0.3 is 0 Å². The van der Waals surface area contributed by atoms with Gasteiger partial charge in [-0.15, -0.1) is 0 Å². The fourth-order valence-corrected chi connectivity index (χ4v) is 4.81. The number of hydrogen-bond acceptors (Lipinski definition) is 3. The highest BCUT2D eigenvalue weighted by molar-refractivity contribution is 6.30. The van der Waals surface area contributed by atoms with Gasteiger partial charge in [0.2, 0.25) is 0 Å². The molecule has 2 saturated heterocycles. The summed E-state index contributed by atoms with van der Waals surface area (Å²) in [6.45, 7) is 8.71. The molecular formula is C24H31ClN2O. The molecule has 2 aromatic carbocycles. The number of rotatable bonds is 6. The molecule has 1 unspecified atom stereocenters. The summed E-state index contributed by atoms with van der Waals surface area (Å²) in [5, 5.41) is 0.813. The molecule has 4 heteroatoms. The summed E-state index contributed by atoms with van der Waals surface area (Å²) < 4.78 is 5.46. The quantitative estimate of drug-likeness (QED) is 0.711. The van der Waals surface area contributed by atoms with Crippen LogP contribution in [0.2, 0.25) is 5.02 Å². The van der Waals surface area contributed by atoms with E-state index in [0.29, 0.717) is 11.8 Å². The zero-order valence-corrected chi connectivity index (χ0v) is 17.4. The van der Waals surface area contributed by atoms with Gasteiger partial charge in [-0.25, -0.2) is 0 Å². The largest absolute Gasteiger partial charge is 0.379 e. The Morgan fingerprint density at radius 1 is 0.786 bits per heavy atom. The average molecular weight is 399 g/mol. The van der Waals surface area contributed by atoms with Gasteiger partial charge in [-0.1, -0.05) is 54.1 Å². The summed E-state index contributed by atoms with van der Waals surface area (Å²) in [6.07, 6.45) is 2.51. The molecule has 3 nitrogen and oxygen atoms in total. The highest BCUT2D eigenvalue weighted by atomic mass is 35.5. The standard InChI is InChI=1S/C24H31ClN2O/c25-23-8-6-21(7-9-23)24(20-4-2-1-3-5-20)22-10-12-26(13-11-22)14-15-27-16-18-28-19-17-27/h1-9,22,24H,10-19H2. The first-order chi connectivity index (χ1) is 13.8. The van der Waals surface area contributed by atoms with Gasteiger partial charge in [0.05, 0.1) is 13.2 Å². The molecule has 0 saturated carbocycles. The smallest absolute Gasteiger partial charge is 0.0594 e. The number of piperidine rings is 1. The summed E-state index contributed by atoms with van der Waals surface area (Å²) in [4.78, 5) is 5.19. The van der Waals surface area contributed by atoms with Gasteiger partial charge in [0.25, 0.3) is 0 Å². The van der Waals surface area contributed by atoms with Gasteiger partial charge in [0.1, 0.15) is 0 Å². The lowest BCUT2D eigenvalue weighted by Gasteiger charge is -2.38. The molecule has 0 bridgehead atoms. The van der Waals surface area contributed by atoms with E-state index >= 15 is 0 Å². The van der Waals surface area contributed by atoms with Crippen molar-refractivity contribution in [2.75, 3.05) is 52.5 Å². The van der Waals surface area contributed by atoms with Crippen molar-refractivity contribution in [3.8, 4) is 0 Å². The number of halogens is 1. The van der Waals surface area contributed by atoms with Crippen LogP contribution < -0.4 is 0 Å². The molecule has 0 aliphatic carbocycles. The predicted octanol–water partition coefficient (Wildman–Crippen LogP) is 4.52. The monoisotopic (exact) mass is 398 g/mol. The Bertz CT molecular complexity index is 707. The molecule has 0 N–H and O–H groups in total. The van der Waals surface area contributed by atoms with E-state index in [4.69, 9.17) is 16.3 Å². The number of morpholine rings is 1. The van der Waals surface area contributed by atoms with Crippen LogP contribution in [0, 0.1) is 5.92 Å². The maximum absolute atomic E-state index is 6.15. The highest BCUT2D eigenvalue weighted by Gasteiger charge is 2.29. The topological polar surface area (TPSA) is 15.7 Å². The van der Waals surface area contributed by atoms with E-state index in [-0.39, 0.29) is 0 Å². The number of nitrogens with zero attached hydrogens (tertiary/aromatic N) is 2. The van der Waals surface area contributed by atoms with E-state index in [1.54, 1.807) is 0 Å². The fraction of sp³-hybridized carbons (Fsp3) is 0.500. The van der Waals surface area contributed by atoms with Gasteiger partial charge in [0, 0.05) is 37.1 Å². The zero-order chi connectivity index (χ0) is 19.2. The van der Waals surface area contributed by atoms with E-state index in [1.807, 2.05) is 12.1 Å². The molecular weight excluding hydrogens is 368 g/mol. The van der Waals surface area contributed by atoms with Crippen molar-refractivity contribution in [1.82, 2.24) is 9.80 Å². The Labute approximate surface area is 174 Å². The van der Waals surface area contributed by atoms with Crippen LogP contribution in [0.3, 0.4) is 0 Å². The fourth-order valence-electron chi connectivity index (χ4n) is 4.68. The van der Waals surface area contributed by atoms with Crippen LogP contribution in [0.25, 0.3) is 0 Å². The summed E-state index contributed by atoms with van der Waals surface area (Å²) in [5.41, 5.74) is 2.82. The van der Waals surface area contributed by atoms with Gasteiger partial charge in [-0.3, -0.25) is 4.90 Å². The van der Waals surface area contributed by atoms with Crippen molar-refractivity contribution < 1.29 is 4.74 Å². The highest BCUT2D eigenvalue weighted by Crippen LogP contribution is 2.38. The third-order valence-electron chi connectivity index (χ3n) is 6.33. The summed E-state index contributed by atoms with van der Waals surface area (Å²) in [6, 6.07) is 19.5. The number of hydrogen-bond donors (Lipinski definition) is 0. The van der Waals surface area contributed by atoms with Crippen molar-refractivity contribution >= 4 is 11.6 Å². The number of ether oxygens (including phenoxy) is 1. The number of likely N-dealkylation sites (tertiary alicyclic amines) is 1. The predicted molar refractivity (Wildman–Crippen MR) is 116 cm³/mol. The molecule has 0 aromatic heterocycles. The van der Waals surface area contributed by atoms with Crippen molar-refractivity contribution in [3.05, 3.63) is 70.7 Å². The molecule has 2 fully saturated rings. The van der Waals surface area contributed by atoms with Crippen LogP contribution in [0.1, 0.15) is 29.9 Å². The lowest BCUT2D eigenvalue weighted by molar-refractivity contribution is 0.0312. The first-order valence-corrected chi connectivity index (χ1v) is 11.0. The Kier molecular flexibility index (Phi) is 7.03. The molecule has 2 aliphatic heterocycles. The van der Waals surface area contributed by atoms with E-state index in [2.05, 4.69) is 52.3 Å². The third-order valence-corrected chi connectivity index (χ3v) is 6.58. The lowest BCUT2D eigenvalue weighted by atomic mass is 9.76. The minimum atomic E-state index is 0.458. The van der Waals surface area contributed by atoms with E-state index in [0.717, 1.165) is 31.3 Å². The summed E-state index contributed by atoms with van der Waals surface area (Å²) in [7, 11) is 0. The second kappa shape index (κ2) is 9.89. The third kappa shape index (κ3) is 5.15. The van der Waals surface area contributed by atoms with Crippen molar-refractivity contribution in [2.45, 2.75) is 18.8 Å². The average Bonchev–Trinajstić information content (AvgIpc) is 2.76. The van der Waals surface area contributed by atoms with Crippen molar-refractivity contribution in [1.29, 1.82) is 0 Å². The van der Waals surface area contributed by atoms with Gasteiger partial charge in [-0.05, 0) is 55.1 Å². The zero-order valence-electron chi connectivity index (χ0n) is 16.6. The minimum absolute atomic E-state index is 0.458. The Morgan fingerprint density at radius 3 is 2.00 bits per heavy atom. The molecule has 0 amide bonds. The molecule has 150 valence electrons. The molecule has 4 rings (SSSR count). The van der Waals surface area contributed by atoms with E-state index in [1.165, 1.54) is 50.1 Å². The SMILES string of the molecule is Clc1ccc(C(c2ccccc2)C2CCN(CCN3CCOCC3)CC2)cc1. The Morgan fingerprint density at radius 2 is 1.36 bits per heavy atom. The maximum Gasteiger partial charge on any atom is 0.0594 e. The molecule has 2 heterocycles. The molecule has 28 heavy (non-hydrogen) atoms. The molecule has 0 radical (unpaired) electrons. The molecule has 2 aromatic rings. The van der Waals surface area contributed by atoms with Crippen LogP contribution in [0.15, 0.2) is 54.6 Å². The van der Waals surface area contributed by atoms with Crippen LogP contribution in [-0.4, -0.2) is 62.3 Å².